The Balaban J connectivity index is 2.06. The highest BCUT2D eigenvalue weighted by Gasteiger charge is 2.45. The van der Waals surface area contributed by atoms with Crippen molar-refractivity contribution in [1.82, 2.24) is 0 Å². The smallest absolute Gasteiger partial charge is 0.338 e. The summed E-state index contributed by atoms with van der Waals surface area (Å²) >= 11 is 3.18. The quantitative estimate of drug-likeness (QED) is 0.633. The molecule has 0 aliphatic carbocycles. The Morgan fingerprint density at radius 3 is 2.61 bits per heavy atom. The maximum absolute atomic E-state index is 11.8. The summed E-state index contributed by atoms with van der Waals surface area (Å²) in [5.74, 6) is -0.552. The third kappa shape index (κ3) is 2.72. The molecular weight excluding hydrogens is 304 g/mol. The van der Waals surface area contributed by atoms with Crippen molar-refractivity contribution in [2.45, 2.75) is 24.6 Å². The number of rotatable bonds is 3. The molecule has 1 fully saturated rings. The van der Waals surface area contributed by atoms with Gasteiger partial charge < -0.3 is 19.7 Å². The van der Waals surface area contributed by atoms with Crippen LogP contribution in [0.2, 0.25) is 0 Å². The van der Waals surface area contributed by atoms with E-state index in [0.717, 1.165) is 0 Å². The minimum absolute atomic E-state index is 0.355. The molecule has 0 spiro atoms. The van der Waals surface area contributed by atoms with Crippen LogP contribution in [0.25, 0.3) is 0 Å². The molecule has 0 unspecified atom stereocenters. The number of halogens is 1. The predicted molar refractivity (Wildman–Crippen MR) is 66.3 cm³/mol. The van der Waals surface area contributed by atoms with Crippen molar-refractivity contribution in [1.29, 1.82) is 0 Å². The monoisotopic (exact) mass is 316 g/mol. The van der Waals surface area contributed by atoms with E-state index in [0.29, 0.717) is 10.9 Å². The van der Waals surface area contributed by atoms with Gasteiger partial charge in [0.2, 0.25) is 0 Å². The molecule has 2 N–H and O–H groups in total. The summed E-state index contributed by atoms with van der Waals surface area (Å²) in [6, 6.07) is 8.45. The molecule has 1 aliphatic rings. The molecule has 6 heteroatoms. The number of carbonyl (C=O) groups excluding carboxylic acids is 1. The molecule has 5 nitrogen and oxygen atoms in total. The van der Waals surface area contributed by atoms with Crippen molar-refractivity contribution >= 4 is 21.9 Å². The maximum Gasteiger partial charge on any atom is 0.338 e. The number of carbonyl (C=O) groups is 1. The number of alkyl halides is 1. The van der Waals surface area contributed by atoms with Gasteiger partial charge >= 0.3 is 5.97 Å². The van der Waals surface area contributed by atoms with Crippen LogP contribution in [0.5, 0.6) is 0 Å². The highest BCUT2D eigenvalue weighted by molar-refractivity contribution is 9.09. The molecule has 4 atom stereocenters. The normalized spacial score (nSPS) is 31.3. The Morgan fingerprint density at radius 2 is 2.00 bits per heavy atom. The van der Waals surface area contributed by atoms with Gasteiger partial charge in [-0.1, -0.05) is 34.1 Å². The average Bonchev–Trinajstić information content (AvgIpc) is 2.67. The second-order valence-corrected chi connectivity index (χ2v) is 4.59. The third-order valence-electron chi connectivity index (χ3n) is 2.71. The lowest BCUT2D eigenvalue weighted by molar-refractivity contribution is -0.123. The van der Waals surface area contributed by atoms with E-state index in [1.54, 1.807) is 30.3 Å². The van der Waals surface area contributed by atoms with Crippen molar-refractivity contribution in [3.05, 3.63) is 35.9 Å². The standard InChI is InChI=1S/C12H13BrO5/c13-6-8-10(9(14)12(16)17-8)18-11(15)7-4-2-1-3-5-7/h1-5,8-10,12,14,16H,6H2/t8-,9-,10+,12-/m1/s1. The first kappa shape index (κ1) is 13.5. The molecular formula is C12H13BrO5. The zero-order chi connectivity index (χ0) is 13.1. The minimum atomic E-state index is -1.33. The SMILES string of the molecule is O=C(O[C@@H]1[C@@H](O)[C@H](O)O[C@@H]1CBr)c1ccccc1. The fourth-order valence-corrected chi connectivity index (χ4v) is 2.28. The van der Waals surface area contributed by atoms with Crippen LogP contribution in [0.15, 0.2) is 30.3 Å². The summed E-state index contributed by atoms with van der Waals surface area (Å²) in [6.07, 6.45) is -4.02. The van der Waals surface area contributed by atoms with Crippen molar-refractivity contribution in [3.8, 4) is 0 Å². The molecule has 0 amide bonds. The van der Waals surface area contributed by atoms with Gasteiger partial charge in [-0.3, -0.25) is 0 Å². The van der Waals surface area contributed by atoms with Crippen LogP contribution in [-0.4, -0.2) is 46.1 Å². The number of aliphatic hydroxyl groups excluding tert-OH is 2. The number of hydrogen-bond donors (Lipinski definition) is 2. The van der Waals surface area contributed by atoms with Crippen LogP contribution in [0.1, 0.15) is 10.4 Å². The van der Waals surface area contributed by atoms with Gasteiger partial charge in [0.25, 0.3) is 0 Å². The van der Waals surface area contributed by atoms with E-state index in [2.05, 4.69) is 15.9 Å². The number of hydrogen-bond acceptors (Lipinski definition) is 5. The Bertz CT molecular complexity index is 410. The van der Waals surface area contributed by atoms with Gasteiger partial charge in [0.05, 0.1) is 5.56 Å². The summed E-state index contributed by atoms with van der Waals surface area (Å²) in [5.41, 5.74) is 0.388. The number of ether oxygens (including phenoxy) is 2. The summed E-state index contributed by atoms with van der Waals surface area (Å²) in [4.78, 5) is 11.8. The van der Waals surface area contributed by atoms with Crippen molar-refractivity contribution < 1.29 is 24.5 Å². The van der Waals surface area contributed by atoms with Crippen LogP contribution >= 0.6 is 15.9 Å². The fraction of sp³-hybridized carbons (Fsp3) is 0.417. The minimum Gasteiger partial charge on any atom is -0.453 e. The van der Waals surface area contributed by atoms with E-state index >= 15 is 0 Å². The van der Waals surface area contributed by atoms with E-state index in [1.165, 1.54) is 0 Å². The largest absolute Gasteiger partial charge is 0.453 e. The highest BCUT2D eigenvalue weighted by Crippen LogP contribution is 2.24. The zero-order valence-electron chi connectivity index (χ0n) is 9.40. The van der Waals surface area contributed by atoms with Gasteiger partial charge in [-0.25, -0.2) is 4.79 Å². The van der Waals surface area contributed by atoms with Crippen LogP contribution < -0.4 is 0 Å². The summed E-state index contributed by atoms with van der Waals surface area (Å²) in [6.45, 7) is 0. The van der Waals surface area contributed by atoms with Gasteiger partial charge in [0.15, 0.2) is 12.4 Å². The van der Waals surface area contributed by atoms with Gasteiger partial charge in [0, 0.05) is 5.33 Å². The molecule has 18 heavy (non-hydrogen) atoms. The molecule has 1 saturated heterocycles. The Hall–Kier alpha value is -0.950. The molecule has 0 saturated carbocycles. The average molecular weight is 317 g/mol. The molecule has 1 heterocycles. The van der Waals surface area contributed by atoms with Crippen LogP contribution in [0.3, 0.4) is 0 Å². The Kier molecular flexibility index (Phi) is 4.34. The van der Waals surface area contributed by atoms with Gasteiger partial charge in [-0.15, -0.1) is 0 Å². The third-order valence-corrected chi connectivity index (χ3v) is 3.35. The van der Waals surface area contributed by atoms with Crippen molar-refractivity contribution in [3.63, 3.8) is 0 Å². The van der Waals surface area contributed by atoms with Crippen LogP contribution in [0, 0.1) is 0 Å². The number of esters is 1. The predicted octanol–water partition coefficient (Wildman–Crippen LogP) is 0.685. The first-order chi connectivity index (χ1) is 8.63. The van der Waals surface area contributed by atoms with Crippen molar-refractivity contribution in [2.75, 3.05) is 5.33 Å². The number of aliphatic hydroxyl groups is 2. The van der Waals surface area contributed by atoms with Gasteiger partial charge in [-0.05, 0) is 12.1 Å². The van der Waals surface area contributed by atoms with Gasteiger partial charge in [-0.2, -0.15) is 0 Å². The van der Waals surface area contributed by atoms with E-state index in [9.17, 15) is 15.0 Å². The number of benzene rings is 1. The second-order valence-electron chi connectivity index (χ2n) is 3.95. The van der Waals surface area contributed by atoms with Crippen molar-refractivity contribution in [2.24, 2.45) is 0 Å². The maximum atomic E-state index is 11.8. The molecule has 1 aromatic rings. The molecule has 0 radical (unpaired) electrons. The summed E-state index contributed by atoms with van der Waals surface area (Å²) in [7, 11) is 0. The highest BCUT2D eigenvalue weighted by atomic mass is 79.9. The van der Waals surface area contributed by atoms with E-state index in [1.807, 2.05) is 0 Å². The molecule has 2 rings (SSSR count). The molecule has 1 aromatic carbocycles. The molecule has 98 valence electrons. The van der Waals surface area contributed by atoms with E-state index < -0.39 is 30.6 Å². The molecule has 0 bridgehead atoms. The summed E-state index contributed by atoms with van der Waals surface area (Å²) < 4.78 is 10.2. The lowest BCUT2D eigenvalue weighted by atomic mass is 10.1. The van der Waals surface area contributed by atoms with E-state index in [-0.39, 0.29) is 0 Å². The lowest BCUT2D eigenvalue weighted by Crippen LogP contribution is -2.37. The zero-order valence-corrected chi connectivity index (χ0v) is 11.0. The fourth-order valence-electron chi connectivity index (χ4n) is 1.75. The Labute approximate surface area is 112 Å². The molecule has 1 aliphatic heterocycles. The first-order valence-electron chi connectivity index (χ1n) is 5.47. The van der Waals surface area contributed by atoms with Crippen LogP contribution in [0.4, 0.5) is 0 Å². The summed E-state index contributed by atoms with van der Waals surface area (Å²) in [5, 5.41) is 19.4. The van der Waals surface area contributed by atoms with Crippen LogP contribution in [-0.2, 0) is 9.47 Å². The second kappa shape index (κ2) is 5.79. The topological polar surface area (TPSA) is 76.0 Å². The van der Waals surface area contributed by atoms with Gasteiger partial charge in [0.1, 0.15) is 12.2 Å². The van der Waals surface area contributed by atoms with E-state index in [4.69, 9.17) is 9.47 Å². The first-order valence-corrected chi connectivity index (χ1v) is 6.59. The molecule has 0 aromatic heterocycles. The lowest BCUT2D eigenvalue weighted by Gasteiger charge is -2.18. The Morgan fingerprint density at radius 1 is 1.33 bits per heavy atom.